The molecule has 1 aliphatic rings. The molecule has 0 unspecified atom stereocenters. The van der Waals surface area contributed by atoms with Gasteiger partial charge in [-0.15, -0.1) is 0 Å². The molecular weight excluding hydrogens is 548 g/mol. The summed E-state index contributed by atoms with van der Waals surface area (Å²) in [4.78, 5) is 53.2. The lowest BCUT2D eigenvalue weighted by atomic mass is 10.0. The van der Waals surface area contributed by atoms with E-state index in [2.05, 4.69) is 40.2 Å². The molecule has 0 spiro atoms. The van der Waals surface area contributed by atoms with Gasteiger partial charge in [0, 0.05) is 25.7 Å². The number of hydrogen-bond donors (Lipinski definition) is 4. The molecular formula is C32H48N6O5. The molecule has 0 saturated heterocycles. The summed E-state index contributed by atoms with van der Waals surface area (Å²) in [5.41, 5.74) is 3.26. The summed E-state index contributed by atoms with van der Waals surface area (Å²) < 4.78 is 7.90. The third-order valence-corrected chi connectivity index (χ3v) is 7.65. The number of benzene rings is 1. The van der Waals surface area contributed by atoms with Crippen LogP contribution in [0.3, 0.4) is 0 Å². The molecule has 3 rings (SSSR count). The zero-order valence-corrected chi connectivity index (χ0v) is 26.6. The molecule has 0 bridgehead atoms. The van der Waals surface area contributed by atoms with Crippen molar-refractivity contribution in [3.05, 3.63) is 46.8 Å². The monoisotopic (exact) mass is 596 g/mol. The van der Waals surface area contributed by atoms with Gasteiger partial charge in [-0.1, -0.05) is 39.8 Å². The summed E-state index contributed by atoms with van der Waals surface area (Å²) in [7, 11) is 1.88. The standard InChI is InChI=1S/C32H48N6O5/c1-19(2)16-23-18-43-28-11-9-8-10-25(28)30(40)36-26(12-13-29(39)35-27(17-20(3)4)32(42)34-23)31(41)33-15-14-24-21(5)37-38(7)22(24)6/h8-11,19-20,23,26-27H,12-18H2,1-7H3,(H,33,41)(H,34,42)(H,35,39)(H,36,40)/t23-,26-,27+/m0/s1. The fourth-order valence-electron chi connectivity index (χ4n) is 5.37. The summed E-state index contributed by atoms with van der Waals surface area (Å²) >= 11 is 0. The van der Waals surface area contributed by atoms with Gasteiger partial charge in [-0.2, -0.15) is 5.10 Å². The average molecular weight is 597 g/mol. The van der Waals surface area contributed by atoms with Gasteiger partial charge < -0.3 is 26.0 Å². The molecule has 0 fully saturated rings. The van der Waals surface area contributed by atoms with Gasteiger partial charge in [0.1, 0.15) is 24.4 Å². The smallest absolute Gasteiger partial charge is 0.255 e. The molecule has 1 aliphatic heterocycles. The SMILES string of the molecule is Cc1nn(C)c(C)c1CCNC(=O)[C@@H]1CCC(=O)N[C@H](CC(C)C)C(=O)N[C@@H](CC(C)C)COc2ccccc2C(=O)N1. The number of aromatic nitrogens is 2. The number of ether oxygens (including phenoxy) is 1. The number of nitrogens with zero attached hydrogens (tertiary/aromatic N) is 2. The number of nitrogens with one attached hydrogen (secondary N) is 4. The van der Waals surface area contributed by atoms with E-state index in [1.165, 1.54) is 0 Å². The van der Waals surface area contributed by atoms with E-state index in [0.29, 0.717) is 31.6 Å². The van der Waals surface area contributed by atoms with Crippen molar-refractivity contribution in [3.63, 3.8) is 0 Å². The highest BCUT2D eigenvalue weighted by atomic mass is 16.5. The van der Waals surface area contributed by atoms with Gasteiger partial charge in [0.2, 0.25) is 17.7 Å². The van der Waals surface area contributed by atoms with Gasteiger partial charge in [0.15, 0.2) is 0 Å². The van der Waals surface area contributed by atoms with E-state index in [9.17, 15) is 19.2 Å². The number of rotatable bonds is 8. The lowest BCUT2D eigenvalue weighted by Crippen LogP contribution is -2.52. The Hall–Kier alpha value is -3.89. The Bertz CT molecular complexity index is 1290. The molecule has 11 heteroatoms. The number of carbonyl (C=O) groups excluding carboxylic acids is 4. The van der Waals surface area contributed by atoms with Crippen LogP contribution in [-0.4, -0.2) is 64.7 Å². The molecule has 2 heterocycles. The maximum atomic E-state index is 13.5. The van der Waals surface area contributed by atoms with Crippen molar-refractivity contribution in [1.82, 2.24) is 31.0 Å². The number of aryl methyl sites for hydroxylation is 2. The largest absolute Gasteiger partial charge is 0.491 e. The first-order valence-electron chi connectivity index (χ1n) is 15.2. The highest BCUT2D eigenvalue weighted by Crippen LogP contribution is 2.20. The minimum Gasteiger partial charge on any atom is -0.491 e. The second-order valence-electron chi connectivity index (χ2n) is 12.3. The molecule has 3 atom stereocenters. The number of hydrogen-bond acceptors (Lipinski definition) is 6. The molecule has 0 radical (unpaired) electrons. The van der Waals surface area contributed by atoms with Crippen LogP contribution < -0.4 is 26.0 Å². The van der Waals surface area contributed by atoms with Crippen LogP contribution in [-0.2, 0) is 27.9 Å². The number of fused-ring (bicyclic) bond motifs is 1. The number of carbonyl (C=O) groups is 4. The van der Waals surface area contributed by atoms with Crippen molar-refractivity contribution in [1.29, 1.82) is 0 Å². The van der Waals surface area contributed by atoms with Gasteiger partial charge in [-0.05, 0) is 69.1 Å². The topological polar surface area (TPSA) is 143 Å². The van der Waals surface area contributed by atoms with Crippen LogP contribution in [0.2, 0.25) is 0 Å². The van der Waals surface area contributed by atoms with Crippen LogP contribution >= 0.6 is 0 Å². The van der Waals surface area contributed by atoms with Crippen LogP contribution in [0.4, 0.5) is 0 Å². The molecule has 0 saturated carbocycles. The maximum absolute atomic E-state index is 13.5. The van der Waals surface area contributed by atoms with Crippen LogP contribution in [0, 0.1) is 25.7 Å². The van der Waals surface area contributed by atoms with Crippen molar-refractivity contribution in [2.75, 3.05) is 13.2 Å². The summed E-state index contributed by atoms with van der Waals surface area (Å²) in [5, 5.41) is 16.1. The summed E-state index contributed by atoms with van der Waals surface area (Å²) in [5.74, 6) is -0.714. The van der Waals surface area contributed by atoms with Gasteiger partial charge >= 0.3 is 0 Å². The van der Waals surface area contributed by atoms with E-state index in [4.69, 9.17) is 4.74 Å². The highest BCUT2D eigenvalue weighted by molar-refractivity contribution is 5.99. The van der Waals surface area contributed by atoms with E-state index in [-0.39, 0.29) is 54.7 Å². The Morgan fingerprint density at radius 1 is 1.05 bits per heavy atom. The predicted octanol–water partition coefficient (Wildman–Crippen LogP) is 2.73. The molecule has 1 aromatic carbocycles. The summed E-state index contributed by atoms with van der Waals surface area (Å²) in [6.07, 6.45) is 1.71. The lowest BCUT2D eigenvalue weighted by molar-refractivity contribution is -0.130. The zero-order chi connectivity index (χ0) is 31.7. The molecule has 0 aliphatic carbocycles. The van der Waals surface area contributed by atoms with Gasteiger partial charge in [0.25, 0.3) is 5.91 Å². The van der Waals surface area contributed by atoms with Crippen LogP contribution in [0.5, 0.6) is 5.75 Å². The normalized spacial score (nSPS) is 20.3. The van der Waals surface area contributed by atoms with E-state index >= 15 is 0 Å². The van der Waals surface area contributed by atoms with Gasteiger partial charge in [0.05, 0.1) is 17.3 Å². The average Bonchev–Trinajstić information content (AvgIpc) is 3.18. The molecule has 11 nitrogen and oxygen atoms in total. The van der Waals surface area contributed by atoms with E-state index in [1.54, 1.807) is 24.3 Å². The molecule has 43 heavy (non-hydrogen) atoms. The first-order chi connectivity index (χ1) is 20.3. The third kappa shape index (κ3) is 9.83. The second-order valence-corrected chi connectivity index (χ2v) is 12.3. The number of amides is 4. The van der Waals surface area contributed by atoms with Crippen LogP contribution in [0.25, 0.3) is 0 Å². The van der Waals surface area contributed by atoms with E-state index in [0.717, 1.165) is 17.0 Å². The summed E-state index contributed by atoms with van der Waals surface area (Å²) in [6, 6.07) is 4.79. The first-order valence-corrected chi connectivity index (χ1v) is 15.2. The van der Waals surface area contributed by atoms with Gasteiger partial charge in [-0.3, -0.25) is 23.9 Å². The minimum absolute atomic E-state index is 0.0470. The zero-order valence-electron chi connectivity index (χ0n) is 26.6. The first kappa shape index (κ1) is 33.6. The maximum Gasteiger partial charge on any atom is 0.255 e. The molecule has 4 amide bonds. The second kappa shape index (κ2) is 15.5. The molecule has 1 aromatic heterocycles. The third-order valence-electron chi connectivity index (χ3n) is 7.65. The van der Waals surface area contributed by atoms with E-state index < -0.39 is 23.9 Å². The Morgan fingerprint density at radius 2 is 1.74 bits per heavy atom. The Balaban J connectivity index is 1.85. The van der Waals surface area contributed by atoms with Crippen molar-refractivity contribution in [2.24, 2.45) is 18.9 Å². The van der Waals surface area contributed by atoms with Crippen molar-refractivity contribution in [3.8, 4) is 5.75 Å². The molecule has 4 N–H and O–H groups in total. The van der Waals surface area contributed by atoms with E-state index in [1.807, 2.05) is 39.4 Å². The molecule has 236 valence electrons. The fraction of sp³-hybridized carbons (Fsp3) is 0.594. The van der Waals surface area contributed by atoms with Crippen molar-refractivity contribution in [2.45, 2.75) is 91.8 Å². The molecule has 2 aromatic rings. The Kier molecular flexibility index (Phi) is 12.1. The fourth-order valence-corrected chi connectivity index (χ4v) is 5.37. The summed E-state index contributed by atoms with van der Waals surface area (Å²) in [6.45, 7) is 12.5. The quantitative estimate of drug-likeness (QED) is 0.369. The predicted molar refractivity (Wildman–Crippen MR) is 165 cm³/mol. The van der Waals surface area contributed by atoms with Gasteiger partial charge in [-0.25, -0.2) is 0 Å². The van der Waals surface area contributed by atoms with Crippen LogP contribution in [0.1, 0.15) is 80.7 Å². The van der Waals surface area contributed by atoms with Crippen molar-refractivity contribution < 1.29 is 23.9 Å². The lowest BCUT2D eigenvalue weighted by Gasteiger charge is -2.26. The van der Waals surface area contributed by atoms with Crippen LogP contribution in [0.15, 0.2) is 24.3 Å². The minimum atomic E-state index is -0.974. The highest BCUT2D eigenvalue weighted by Gasteiger charge is 2.28. The number of para-hydroxylation sites is 1. The van der Waals surface area contributed by atoms with Crippen molar-refractivity contribution >= 4 is 23.6 Å². The Morgan fingerprint density at radius 3 is 2.40 bits per heavy atom. The Labute approximate surface area is 254 Å².